The van der Waals surface area contributed by atoms with Gasteiger partial charge in [-0.15, -0.1) is 0 Å². The molecule has 0 saturated heterocycles. The molecule has 0 radical (unpaired) electrons. The lowest BCUT2D eigenvalue weighted by Gasteiger charge is -2.22. The van der Waals surface area contributed by atoms with Gasteiger partial charge in [-0.2, -0.15) is 0 Å². The van der Waals surface area contributed by atoms with E-state index >= 15 is 0 Å². The lowest BCUT2D eigenvalue weighted by atomic mass is 9.91. The molecule has 90 valence electrons. The summed E-state index contributed by atoms with van der Waals surface area (Å²) in [6.07, 6.45) is 2.32. The van der Waals surface area contributed by atoms with Gasteiger partial charge in [0.2, 0.25) is 0 Å². The summed E-state index contributed by atoms with van der Waals surface area (Å²) in [6, 6.07) is 0.591. The molecular formula is C13H27NO. The summed E-state index contributed by atoms with van der Waals surface area (Å²) in [7, 11) is 0. The van der Waals surface area contributed by atoms with E-state index in [4.69, 9.17) is 0 Å². The summed E-state index contributed by atoms with van der Waals surface area (Å²) in [5, 5.41) is 13.3. The molecule has 1 rings (SSSR count). The Morgan fingerprint density at radius 2 is 1.93 bits per heavy atom. The Kier molecular flexibility index (Phi) is 4.19. The number of hydrogen-bond acceptors (Lipinski definition) is 2. The summed E-state index contributed by atoms with van der Waals surface area (Å²) in [5.41, 5.74) is 0.472. The van der Waals surface area contributed by atoms with Gasteiger partial charge in [-0.05, 0) is 30.1 Å². The Morgan fingerprint density at radius 1 is 1.33 bits per heavy atom. The molecule has 1 saturated carbocycles. The zero-order valence-corrected chi connectivity index (χ0v) is 10.9. The largest absolute Gasteiger partial charge is 0.392 e. The van der Waals surface area contributed by atoms with Crippen LogP contribution in [0.25, 0.3) is 0 Å². The van der Waals surface area contributed by atoms with Gasteiger partial charge in [0.05, 0.1) is 6.10 Å². The maximum Gasteiger partial charge on any atom is 0.0687 e. The number of rotatable bonds is 4. The highest BCUT2D eigenvalue weighted by Crippen LogP contribution is 2.40. The van der Waals surface area contributed by atoms with Gasteiger partial charge in [-0.3, -0.25) is 0 Å². The van der Waals surface area contributed by atoms with E-state index in [1.807, 2.05) is 0 Å². The van der Waals surface area contributed by atoms with E-state index in [-0.39, 0.29) is 6.10 Å². The lowest BCUT2D eigenvalue weighted by Crippen LogP contribution is -2.39. The summed E-state index contributed by atoms with van der Waals surface area (Å²) < 4.78 is 0. The standard InChI is InChI=1S/C13H27NO/c1-9(2)12(15)8-14-11-7-13(4,5)6-10(11)3/h9-12,14-15H,6-8H2,1-5H3. The fraction of sp³-hybridized carbons (Fsp3) is 1.00. The van der Waals surface area contributed by atoms with Crippen LogP contribution in [0.2, 0.25) is 0 Å². The van der Waals surface area contributed by atoms with Crippen molar-refractivity contribution in [2.75, 3.05) is 6.54 Å². The molecule has 0 aromatic carbocycles. The Labute approximate surface area is 94.5 Å². The minimum absolute atomic E-state index is 0.207. The first-order valence-electron chi connectivity index (χ1n) is 6.23. The van der Waals surface area contributed by atoms with Gasteiger partial charge in [0.25, 0.3) is 0 Å². The smallest absolute Gasteiger partial charge is 0.0687 e. The molecule has 1 fully saturated rings. The zero-order chi connectivity index (χ0) is 11.6. The van der Waals surface area contributed by atoms with Crippen LogP contribution in [0.1, 0.15) is 47.5 Å². The third-order valence-corrected chi connectivity index (χ3v) is 3.69. The van der Waals surface area contributed by atoms with Crippen molar-refractivity contribution in [1.82, 2.24) is 5.32 Å². The molecule has 0 aromatic rings. The van der Waals surface area contributed by atoms with Crippen LogP contribution in [0, 0.1) is 17.3 Å². The molecule has 2 heteroatoms. The first-order valence-corrected chi connectivity index (χ1v) is 6.23. The monoisotopic (exact) mass is 213 g/mol. The summed E-state index contributed by atoms with van der Waals surface area (Å²) in [4.78, 5) is 0. The van der Waals surface area contributed by atoms with Crippen LogP contribution in [0.15, 0.2) is 0 Å². The third kappa shape index (κ3) is 3.76. The maximum atomic E-state index is 9.74. The van der Waals surface area contributed by atoms with Gasteiger partial charge in [0, 0.05) is 12.6 Å². The average molecular weight is 213 g/mol. The first-order chi connectivity index (χ1) is 6.82. The zero-order valence-electron chi connectivity index (χ0n) is 10.9. The van der Waals surface area contributed by atoms with Gasteiger partial charge in [0.15, 0.2) is 0 Å². The number of aliphatic hydroxyl groups is 1. The second kappa shape index (κ2) is 4.84. The van der Waals surface area contributed by atoms with E-state index in [1.165, 1.54) is 12.8 Å². The average Bonchev–Trinajstić information content (AvgIpc) is 2.35. The fourth-order valence-corrected chi connectivity index (χ4v) is 2.67. The highest BCUT2D eigenvalue weighted by molar-refractivity contribution is 4.91. The van der Waals surface area contributed by atoms with Crippen LogP contribution < -0.4 is 5.32 Å². The van der Waals surface area contributed by atoms with E-state index in [0.717, 1.165) is 12.5 Å². The quantitative estimate of drug-likeness (QED) is 0.751. The molecular weight excluding hydrogens is 186 g/mol. The van der Waals surface area contributed by atoms with E-state index in [2.05, 4.69) is 39.9 Å². The molecule has 0 amide bonds. The van der Waals surface area contributed by atoms with Crippen molar-refractivity contribution in [2.24, 2.45) is 17.3 Å². The third-order valence-electron chi connectivity index (χ3n) is 3.69. The SMILES string of the molecule is CC(C)C(O)CNC1CC(C)(C)CC1C. The molecule has 2 N–H and O–H groups in total. The van der Waals surface area contributed by atoms with Crippen LogP contribution in [0.4, 0.5) is 0 Å². The number of aliphatic hydroxyl groups excluding tert-OH is 1. The Balaban J connectivity index is 2.34. The van der Waals surface area contributed by atoms with Gasteiger partial charge in [-0.25, -0.2) is 0 Å². The van der Waals surface area contributed by atoms with Gasteiger partial charge < -0.3 is 10.4 Å². The van der Waals surface area contributed by atoms with Crippen molar-refractivity contribution in [3.8, 4) is 0 Å². The van der Waals surface area contributed by atoms with Crippen molar-refractivity contribution in [3.63, 3.8) is 0 Å². The second-order valence-corrected chi connectivity index (χ2v) is 6.38. The van der Waals surface area contributed by atoms with E-state index < -0.39 is 0 Å². The normalized spacial score (nSPS) is 32.2. The molecule has 3 atom stereocenters. The van der Waals surface area contributed by atoms with Crippen molar-refractivity contribution < 1.29 is 5.11 Å². The van der Waals surface area contributed by atoms with Crippen molar-refractivity contribution in [1.29, 1.82) is 0 Å². The van der Waals surface area contributed by atoms with Crippen LogP contribution in [0.5, 0.6) is 0 Å². The fourth-order valence-electron chi connectivity index (χ4n) is 2.67. The second-order valence-electron chi connectivity index (χ2n) is 6.38. The molecule has 0 spiro atoms. The van der Waals surface area contributed by atoms with E-state index in [1.54, 1.807) is 0 Å². The summed E-state index contributed by atoms with van der Waals surface area (Å²) in [6.45, 7) is 11.9. The Hall–Kier alpha value is -0.0800. The number of nitrogens with one attached hydrogen (secondary N) is 1. The van der Waals surface area contributed by atoms with Crippen LogP contribution in [0.3, 0.4) is 0 Å². The van der Waals surface area contributed by atoms with Crippen LogP contribution >= 0.6 is 0 Å². The highest BCUT2D eigenvalue weighted by atomic mass is 16.3. The maximum absolute atomic E-state index is 9.74. The molecule has 3 unspecified atom stereocenters. The van der Waals surface area contributed by atoms with Crippen molar-refractivity contribution in [2.45, 2.75) is 59.6 Å². The van der Waals surface area contributed by atoms with Crippen LogP contribution in [-0.4, -0.2) is 23.8 Å². The lowest BCUT2D eigenvalue weighted by molar-refractivity contribution is 0.118. The van der Waals surface area contributed by atoms with E-state index in [0.29, 0.717) is 17.4 Å². The number of hydrogen-bond donors (Lipinski definition) is 2. The topological polar surface area (TPSA) is 32.3 Å². The molecule has 0 heterocycles. The Morgan fingerprint density at radius 3 is 2.33 bits per heavy atom. The van der Waals surface area contributed by atoms with E-state index in [9.17, 15) is 5.11 Å². The van der Waals surface area contributed by atoms with Gasteiger partial charge in [0.1, 0.15) is 0 Å². The molecule has 2 nitrogen and oxygen atoms in total. The molecule has 0 bridgehead atoms. The molecule has 1 aliphatic carbocycles. The molecule has 0 aliphatic heterocycles. The summed E-state index contributed by atoms with van der Waals surface area (Å²) >= 11 is 0. The predicted octanol–water partition coefficient (Wildman–Crippen LogP) is 2.42. The minimum Gasteiger partial charge on any atom is -0.392 e. The van der Waals surface area contributed by atoms with Crippen molar-refractivity contribution in [3.05, 3.63) is 0 Å². The predicted molar refractivity (Wildman–Crippen MR) is 64.8 cm³/mol. The summed E-state index contributed by atoms with van der Waals surface area (Å²) in [5.74, 6) is 1.08. The highest BCUT2D eigenvalue weighted by Gasteiger charge is 2.36. The van der Waals surface area contributed by atoms with Crippen LogP contribution in [-0.2, 0) is 0 Å². The molecule has 1 aliphatic rings. The molecule has 0 aromatic heterocycles. The van der Waals surface area contributed by atoms with Gasteiger partial charge in [-0.1, -0.05) is 34.6 Å². The van der Waals surface area contributed by atoms with Crippen molar-refractivity contribution >= 4 is 0 Å². The minimum atomic E-state index is -0.207. The first kappa shape index (κ1) is 13.0. The molecule has 15 heavy (non-hydrogen) atoms. The Bertz CT molecular complexity index is 201. The van der Waals surface area contributed by atoms with Gasteiger partial charge >= 0.3 is 0 Å².